The lowest BCUT2D eigenvalue weighted by molar-refractivity contribution is 0.872. The largest absolute Gasteiger partial charge is 0.320 e. The molecule has 0 aliphatic heterocycles. The van der Waals surface area contributed by atoms with Crippen LogP contribution in [0.25, 0.3) is 0 Å². The van der Waals surface area contributed by atoms with Crippen molar-refractivity contribution in [3.8, 4) is 0 Å². The third-order valence-corrected chi connectivity index (χ3v) is 3.73. The molecule has 2 N–H and O–H groups in total. The average Bonchev–Trinajstić information content (AvgIpc) is 2.31. The molecule has 1 atom stereocenters. The highest BCUT2D eigenvalue weighted by atomic mass is 35.5. The Hall–Kier alpha value is -0.440. The third-order valence-electron chi connectivity index (χ3n) is 2.59. The van der Waals surface area contributed by atoms with Gasteiger partial charge in [0, 0.05) is 20.1 Å². The number of rotatable bonds is 2. The lowest BCUT2D eigenvalue weighted by Crippen LogP contribution is -2.13. The maximum atomic E-state index is 6.17. The van der Waals surface area contributed by atoms with Gasteiger partial charge >= 0.3 is 0 Å². The summed E-state index contributed by atoms with van der Waals surface area (Å²) < 4.78 is 0. The quantitative estimate of drug-likeness (QED) is 0.793. The highest BCUT2D eigenvalue weighted by Crippen LogP contribution is 2.33. The van der Waals surface area contributed by atoms with Gasteiger partial charge in [-0.2, -0.15) is 0 Å². The molecular weight excluding hydrogens is 312 g/mol. The fraction of sp³-hybridized carbons (Fsp3) is 0.0769. The van der Waals surface area contributed by atoms with Crippen molar-refractivity contribution in [3.63, 3.8) is 0 Å². The van der Waals surface area contributed by atoms with E-state index in [4.69, 9.17) is 52.1 Å². The Bertz CT molecular complexity index is 583. The van der Waals surface area contributed by atoms with E-state index in [1.54, 1.807) is 36.4 Å². The maximum absolute atomic E-state index is 6.17. The second kappa shape index (κ2) is 5.68. The van der Waals surface area contributed by atoms with Gasteiger partial charge in [0.1, 0.15) is 0 Å². The molecule has 0 saturated carbocycles. The molecule has 2 aromatic rings. The molecule has 18 heavy (non-hydrogen) atoms. The molecular formula is C13H9Cl4N. The van der Waals surface area contributed by atoms with Gasteiger partial charge in [0.05, 0.1) is 6.04 Å². The van der Waals surface area contributed by atoms with E-state index in [1.165, 1.54) is 0 Å². The molecule has 0 heterocycles. The minimum Gasteiger partial charge on any atom is -0.320 e. The Labute approximate surface area is 125 Å². The van der Waals surface area contributed by atoms with E-state index in [0.29, 0.717) is 20.1 Å². The molecule has 0 aliphatic carbocycles. The number of hydrogen-bond acceptors (Lipinski definition) is 1. The summed E-state index contributed by atoms with van der Waals surface area (Å²) >= 11 is 24.0. The molecule has 0 radical (unpaired) electrons. The van der Waals surface area contributed by atoms with Crippen LogP contribution in [0.3, 0.4) is 0 Å². The van der Waals surface area contributed by atoms with E-state index in [1.807, 2.05) is 0 Å². The maximum Gasteiger partial charge on any atom is 0.0581 e. The van der Waals surface area contributed by atoms with Gasteiger partial charge in [-0.3, -0.25) is 0 Å². The zero-order valence-corrected chi connectivity index (χ0v) is 12.2. The Balaban J connectivity index is 2.47. The summed E-state index contributed by atoms with van der Waals surface area (Å²) in [6.07, 6.45) is 0. The standard InChI is InChI=1S/C13H9Cl4N/c14-7-2-4-11(16)10(5-7)13(18)9-3-1-8(15)6-12(9)17/h1-6,13H,18H2. The van der Waals surface area contributed by atoms with Gasteiger partial charge in [0.2, 0.25) is 0 Å². The van der Waals surface area contributed by atoms with Crippen LogP contribution < -0.4 is 5.73 Å². The van der Waals surface area contributed by atoms with E-state index in [9.17, 15) is 0 Å². The summed E-state index contributed by atoms with van der Waals surface area (Å²) in [6.45, 7) is 0. The zero-order chi connectivity index (χ0) is 13.3. The third kappa shape index (κ3) is 2.93. The number of benzene rings is 2. The summed E-state index contributed by atoms with van der Waals surface area (Å²) in [6, 6.07) is 9.89. The summed E-state index contributed by atoms with van der Waals surface area (Å²) in [5.74, 6) is 0. The molecule has 1 unspecified atom stereocenters. The summed E-state index contributed by atoms with van der Waals surface area (Å²) in [5, 5.41) is 2.20. The molecule has 1 nitrogen and oxygen atoms in total. The predicted octanol–water partition coefficient (Wildman–Crippen LogP) is 5.35. The van der Waals surface area contributed by atoms with Gasteiger partial charge in [-0.05, 0) is 41.5 Å². The average molecular weight is 321 g/mol. The number of halogens is 4. The van der Waals surface area contributed by atoms with Crippen LogP contribution in [0.5, 0.6) is 0 Å². The van der Waals surface area contributed by atoms with Crippen molar-refractivity contribution < 1.29 is 0 Å². The summed E-state index contributed by atoms with van der Waals surface area (Å²) in [4.78, 5) is 0. The van der Waals surface area contributed by atoms with Crippen LogP contribution in [0, 0.1) is 0 Å². The zero-order valence-electron chi connectivity index (χ0n) is 9.13. The fourth-order valence-electron chi connectivity index (χ4n) is 1.67. The van der Waals surface area contributed by atoms with Crippen molar-refractivity contribution in [2.45, 2.75) is 6.04 Å². The Morgan fingerprint density at radius 2 is 1.33 bits per heavy atom. The summed E-state index contributed by atoms with van der Waals surface area (Å²) in [7, 11) is 0. The van der Waals surface area contributed by atoms with Gasteiger partial charge in [0.25, 0.3) is 0 Å². The molecule has 0 aliphatic rings. The first kappa shape index (κ1) is 14.0. The summed E-state index contributed by atoms with van der Waals surface area (Å²) in [5.41, 5.74) is 7.65. The van der Waals surface area contributed by atoms with E-state index >= 15 is 0 Å². The first-order chi connectivity index (χ1) is 8.49. The van der Waals surface area contributed by atoms with Crippen LogP contribution in [0.1, 0.15) is 17.2 Å². The van der Waals surface area contributed by atoms with Crippen LogP contribution in [0.15, 0.2) is 36.4 Å². The van der Waals surface area contributed by atoms with Gasteiger partial charge < -0.3 is 5.73 Å². The van der Waals surface area contributed by atoms with Crippen molar-refractivity contribution in [1.29, 1.82) is 0 Å². The van der Waals surface area contributed by atoms with Gasteiger partial charge in [0.15, 0.2) is 0 Å². The smallest absolute Gasteiger partial charge is 0.0581 e. The van der Waals surface area contributed by atoms with Crippen molar-refractivity contribution in [2.75, 3.05) is 0 Å². The van der Waals surface area contributed by atoms with Crippen LogP contribution in [0.2, 0.25) is 20.1 Å². The Morgan fingerprint density at radius 1 is 0.722 bits per heavy atom. The first-order valence-electron chi connectivity index (χ1n) is 5.14. The van der Waals surface area contributed by atoms with Crippen molar-refractivity contribution in [2.24, 2.45) is 5.73 Å². The molecule has 94 valence electrons. The second-order valence-electron chi connectivity index (χ2n) is 3.81. The van der Waals surface area contributed by atoms with Crippen LogP contribution >= 0.6 is 46.4 Å². The van der Waals surface area contributed by atoms with Crippen LogP contribution in [-0.4, -0.2) is 0 Å². The van der Waals surface area contributed by atoms with E-state index in [2.05, 4.69) is 0 Å². The number of hydrogen-bond donors (Lipinski definition) is 1. The van der Waals surface area contributed by atoms with Gasteiger partial charge in [-0.1, -0.05) is 52.5 Å². The van der Waals surface area contributed by atoms with Crippen LogP contribution in [0.4, 0.5) is 0 Å². The van der Waals surface area contributed by atoms with E-state index in [0.717, 1.165) is 11.1 Å². The lowest BCUT2D eigenvalue weighted by Gasteiger charge is -2.16. The SMILES string of the molecule is NC(c1ccc(Cl)cc1Cl)c1cc(Cl)ccc1Cl. The minimum atomic E-state index is -0.444. The molecule has 0 saturated heterocycles. The molecule has 0 aromatic heterocycles. The van der Waals surface area contributed by atoms with Crippen LogP contribution in [-0.2, 0) is 0 Å². The van der Waals surface area contributed by atoms with Crippen molar-refractivity contribution in [1.82, 2.24) is 0 Å². The van der Waals surface area contributed by atoms with E-state index < -0.39 is 6.04 Å². The Morgan fingerprint density at radius 3 is 2.00 bits per heavy atom. The normalized spacial score (nSPS) is 12.5. The Kier molecular flexibility index (Phi) is 4.41. The fourth-order valence-corrected chi connectivity index (χ4v) is 2.62. The molecule has 0 fully saturated rings. The van der Waals surface area contributed by atoms with Crippen molar-refractivity contribution >= 4 is 46.4 Å². The topological polar surface area (TPSA) is 26.0 Å². The van der Waals surface area contributed by atoms with Gasteiger partial charge in [-0.25, -0.2) is 0 Å². The molecule has 2 aromatic carbocycles. The predicted molar refractivity (Wildman–Crippen MR) is 79.0 cm³/mol. The second-order valence-corrected chi connectivity index (χ2v) is 5.50. The number of nitrogens with two attached hydrogens (primary N) is 1. The molecule has 2 rings (SSSR count). The molecule has 0 bridgehead atoms. The minimum absolute atomic E-state index is 0.444. The van der Waals surface area contributed by atoms with E-state index in [-0.39, 0.29) is 0 Å². The molecule has 5 heteroatoms. The lowest BCUT2D eigenvalue weighted by atomic mass is 9.99. The van der Waals surface area contributed by atoms with Gasteiger partial charge in [-0.15, -0.1) is 0 Å². The highest BCUT2D eigenvalue weighted by molar-refractivity contribution is 6.35. The molecule has 0 spiro atoms. The molecule has 0 amide bonds. The van der Waals surface area contributed by atoms with Crippen molar-refractivity contribution in [3.05, 3.63) is 67.6 Å². The first-order valence-corrected chi connectivity index (χ1v) is 6.65. The monoisotopic (exact) mass is 319 g/mol. The highest BCUT2D eigenvalue weighted by Gasteiger charge is 2.16.